The van der Waals surface area contributed by atoms with E-state index < -0.39 is 12.6 Å². The minimum Gasteiger partial charge on any atom is -0.460 e. The van der Waals surface area contributed by atoms with Crippen LogP contribution in [0.2, 0.25) is 0 Å². The second-order valence-electron chi connectivity index (χ2n) is 9.50. The molecule has 138 valence electrons. The Bertz CT molecular complexity index is 868. The van der Waals surface area contributed by atoms with E-state index in [-0.39, 0.29) is 10.8 Å². The van der Waals surface area contributed by atoms with Crippen molar-refractivity contribution in [1.82, 2.24) is 0 Å². The minimum atomic E-state index is -0.419. The van der Waals surface area contributed by atoms with Gasteiger partial charge in [0.25, 0.3) is 0 Å². The third-order valence-corrected chi connectivity index (χ3v) is 5.26. The van der Waals surface area contributed by atoms with Crippen LogP contribution < -0.4 is 9.47 Å². The van der Waals surface area contributed by atoms with Gasteiger partial charge >= 0.3 is 0 Å². The lowest BCUT2D eigenvalue weighted by Crippen LogP contribution is -2.31. The van der Waals surface area contributed by atoms with Gasteiger partial charge < -0.3 is 9.47 Å². The van der Waals surface area contributed by atoms with Crippen molar-refractivity contribution >= 4 is 0 Å². The predicted octanol–water partition coefficient (Wildman–Crippen LogP) is 6.09. The van der Waals surface area contributed by atoms with Crippen LogP contribution in [0.15, 0.2) is 30.3 Å². The Kier molecular flexibility index (Phi) is 3.68. The molecule has 2 unspecified atom stereocenters. The molecule has 2 heterocycles. The molecule has 0 saturated heterocycles. The average molecular weight is 352 g/mol. The molecule has 3 nitrogen and oxygen atoms in total. The molecule has 2 aromatic carbocycles. The van der Waals surface area contributed by atoms with E-state index in [1.54, 1.807) is 0 Å². The first-order chi connectivity index (χ1) is 12.0. The van der Waals surface area contributed by atoms with Gasteiger partial charge in [0.05, 0.1) is 11.1 Å². The van der Waals surface area contributed by atoms with Crippen molar-refractivity contribution in [3.8, 4) is 11.5 Å². The molecule has 0 amide bonds. The summed E-state index contributed by atoms with van der Waals surface area (Å²) in [7, 11) is 0. The third kappa shape index (κ3) is 2.79. The number of ether oxygens (including phenoxy) is 3. The summed E-state index contributed by atoms with van der Waals surface area (Å²) in [5, 5.41) is 0. The second kappa shape index (κ2) is 5.50. The lowest BCUT2D eigenvalue weighted by molar-refractivity contribution is -0.227. The highest BCUT2D eigenvalue weighted by atomic mass is 16.8. The number of hydrogen-bond donors (Lipinski definition) is 0. The molecule has 2 aromatic rings. The first-order valence-electron chi connectivity index (χ1n) is 9.32. The first kappa shape index (κ1) is 17.4. The zero-order valence-corrected chi connectivity index (χ0v) is 16.8. The summed E-state index contributed by atoms with van der Waals surface area (Å²) < 4.78 is 18.6. The molecule has 4 rings (SSSR count). The molecular formula is C23H28O3. The predicted molar refractivity (Wildman–Crippen MR) is 103 cm³/mol. The normalized spacial score (nSPS) is 21.3. The summed E-state index contributed by atoms with van der Waals surface area (Å²) in [6, 6.07) is 10.7. The fraction of sp³-hybridized carbons (Fsp3) is 0.478. The second-order valence-corrected chi connectivity index (χ2v) is 9.50. The molecule has 2 aliphatic heterocycles. The maximum absolute atomic E-state index is 6.29. The summed E-state index contributed by atoms with van der Waals surface area (Å²) in [6.45, 7) is 15.4. The highest BCUT2D eigenvalue weighted by Crippen LogP contribution is 2.50. The highest BCUT2D eigenvalue weighted by molar-refractivity contribution is 5.51. The van der Waals surface area contributed by atoms with Crippen molar-refractivity contribution in [3.05, 3.63) is 58.1 Å². The Morgan fingerprint density at radius 3 is 2.00 bits per heavy atom. The number of hydrogen-bond acceptors (Lipinski definition) is 3. The van der Waals surface area contributed by atoms with Gasteiger partial charge in [0.15, 0.2) is 0 Å². The van der Waals surface area contributed by atoms with Crippen molar-refractivity contribution < 1.29 is 14.2 Å². The van der Waals surface area contributed by atoms with Gasteiger partial charge in [-0.2, -0.15) is 0 Å². The molecule has 0 radical (unpaired) electrons. The Balaban J connectivity index is 1.78. The summed E-state index contributed by atoms with van der Waals surface area (Å²) in [6.07, 6.45) is -0.838. The molecule has 26 heavy (non-hydrogen) atoms. The molecule has 0 N–H and O–H groups in total. The van der Waals surface area contributed by atoms with E-state index in [0.29, 0.717) is 0 Å². The number of benzene rings is 2. The molecule has 2 atom stereocenters. The van der Waals surface area contributed by atoms with E-state index in [9.17, 15) is 0 Å². The van der Waals surface area contributed by atoms with Crippen molar-refractivity contribution in [2.75, 3.05) is 0 Å². The summed E-state index contributed by atoms with van der Waals surface area (Å²) in [5.74, 6) is 1.75. The van der Waals surface area contributed by atoms with E-state index in [1.807, 2.05) is 6.07 Å². The van der Waals surface area contributed by atoms with Gasteiger partial charge in [0.2, 0.25) is 12.6 Å². The number of aryl methyl sites for hydroxylation is 1. The van der Waals surface area contributed by atoms with E-state index in [4.69, 9.17) is 14.2 Å². The topological polar surface area (TPSA) is 27.7 Å². The van der Waals surface area contributed by atoms with Crippen LogP contribution in [0.1, 0.15) is 81.9 Å². The third-order valence-electron chi connectivity index (χ3n) is 5.26. The van der Waals surface area contributed by atoms with Crippen molar-refractivity contribution in [1.29, 1.82) is 0 Å². The lowest BCUT2D eigenvalue weighted by Gasteiger charge is -2.39. The monoisotopic (exact) mass is 352 g/mol. The summed E-state index contributed by atoms with van der Waals surface area (Å²) in [5.41, 5.74) is 5.72. The molecule has 2 bridgehead atoms. The van der Waals surface area contributed by atoms with Crippen molar-refractivity contribution in [2.24, 2.45) is 0 Å². The number of fused-ring (bicyclic) bond motifs is 6. The molecule has 0 saturated carbocycles. The molecule has 3 heteroatoms. The Morgan fingerprint density at radius 1 is 0.731 bits per heavy atom. The quantitative estimate of drug-likeness (QED) is 0.574. The molecule has 0 spiro atoms. The number of rotatable bonds is 0. The van der Waals surface area contributed by atoms with Crippen LogP contribution in [-0.2, 0) is 15.6 Å². The maximum Gasteiger partial charge on any atom is 0.233 e. The van der Waals surface area contributed by atoms with Gasteiger partial charge in [-0.25, -0.2) is 0 Å². The van der Waals surface area contributed by atoms with Crippen LogP contribution >= 0.6 is 0 Å². The zero-order chi connectivity index (χ0) is 18.9. The molecule has 0 fully saturated rings. The minimum absolute atomic E-state index is 0.0603. The average Bonchev–Trinajstić information content (AvgIpc) is 2.53. The Labute approximate surface area is 156 Å². The van der Waals surface area contributed by atoms with Crippen molar-refractivity contribution in [3.63, 3.8) is 0 Å². The van der Waals surface area contributed by atoms with Crippen LogP contribution in [0.3, 0.4) is 0 Å². The van der Waals surface area contributed by atoms with Gasteiger partial charge in [-0.05, 0) is 52.6 Å². The van der Waals surface area contributed by atoms with Gasteiger partial charge in [-0.15, -0.1) is 0 Å². The fourth-order valence-electron chi connectivity index (χ4n) is 3.54. The van der Waals surface area contributed by atoms with E-state index in [1.165, 1.54) is 11.1 Å². The smallest absolute Gasteiger partial charge is 0.233 e. The molecular weight excluding hydrogens is 324 g/mol. The largest absolute Gasteiger partial charge is 0.460 e. The molecule has 0 aliphatic carbocycles. The van der Waals surface area contributed by atoms with Crippen molar-refractivity contribution in [2.45, 2.75) is 71.9 Å². The van der Waals surface area contributed by atoms with Crippen LogP contribution in [0.25, 0.3) is 0 Å². The highest BCUT2D eigenvalue weighted by Gasteiger charge is 2.39. The summed E-state index contributed by atoms with van der Waals surface area (Å²) in [4.78, 5) is 0. The van der Waals surface area contributed by atoms with Gasteiger partial charge in [-0.3, -0.25) is 4.74 Å². The molecule has 2 aliphatic rings. The zero-order valence-electron chi connectivity index (χ0n) is 16.8. The maximum atomic E-state index is 6.29. The van der Waals surface area contributed by atoms with Crippen LogP contribution in [-0.4, -0.2) is 0 Å². The van der Waals surface area contributed by atoms with E-state index in [0.717, 1.165) is 28.2 Å². The van der Waals surface area contributed by atoms with E-state index in [2.05, 4.69) is 72.7 Å². The Hall–Kier alpha value is -2.00. The fourth-order valence-corrected chi connectivity index (χ4v) is 3.54. The van der Waals surface area contributed by atoms with Crippen LogP contribution in [0.5, 0.6) is 11.5 Å². The van der Waals surface area contributed by atoms with Crippen LogP contribution in [0, 0.1) is 6.92 Å². The Morgan fingerprint density at radius 2 is 1.35 bits per heavy atom. The van der Waals surface area contributed by atoms with Gasteiger partial charge in [0.1, 0.15) is 11.5 Å². The lowest BCUT2D eigenvalue weighted by atomic mass is 9.84. The standard InChI is InChI=1S/C23H28O3/c1-13-10-15(23(5,6)7)12-17-19(13)25-20-16-11-14(22(2,3)4)8-9-18(16)24-21(17)26-20/h8-12,20-21H,1-7H3. The SMILES string of the molecule is Cc1cc(C(C)(C)C)cc2c1OC1OC2Oc2ccc(C(C)(C)C)cc21. The van der Waals surface area contributed by atoms with Gasteiger partial charge in [0, 0.05) is 0 Å². The van der Waals surface area contributed by atoms with E-state index >= 15 is 0 Å². The molecule has 0 aromatic heterocycles. The first-order valence-corrected chi connectivity index (χ1v) is 9.32. The summed E-state index contributed by atoms with van der Waals surface area (Å²) >= 11 is 0. The van der Waals surface area contributed by atoms with Gasteiger partial charge in [-0.1, -0.05) is 53.7 Å². The van der Waals surface area contributed by atoms with Crippen LogP contribution in [0.4, 0.5) is 0 Å².